The molecule has 0 aliphatic heterocycles. The number of hydrogen-bond acceptors (Lipinski definition) is 2. The van der Waals surface area contributed by atoms with Crippen LogP contribution in [-0.2, 0) is 0 Å². The predicted octanol–water partition coefficient (Wildman–Crippen LogP) is 3.33. The molecule has 0 saturated heterocycles. The van der Waals surface area contributed by atoms with Crippen LogP contribution >= 0.6 is 0 Å². The summed E-state index contributed by atoms with van der Waals surface area (Å²) in [5.74, 6) is 0.0461. The molecular formula is C12H13F4NO. The first-order valence-corrected chi connectivity index (χ1v) is 5.60. The van der Waals surface area contributed by atoms with Gasteiger partial charge in [-0.3, -0.25) is 0 Å². The third-order valence-corrected chi connectivity index (χ3v) is 2.88. The summed E-state index contributed by atoms with van der Waals surface area (Å²) in [5, 5.41) is 0. The Bertz CT molecular complexity index is 420. The first kappa shape index (κ1) is 13.1. The molecule has 6 heteroatoms. The van der Waals surface area contributed by atoms with E-state index >= 15 is 0 Å². The minimum absolute atomic E-state index is 0.256. The first-order chi connectivity index (χ1) is 8.40. The Kier molecular flexibility index (Phi) is 3.47. The van der Waals surface area contributed by atoms with Crippen molar-refractivity contribution in [2.75, 3.05) is 0 Å². The molecule has 1 aromatic rings. The molecule has 0 heterocycles. The molecule has 0 aromatic heterocycles. The minimum atomic E-state index is -4.48. The molecule has 1 atom stereocenters. The van der Waals surface area contributed by atoms with Crippen molar-refractivity contribution < 1.29 is 22.3 Å². The van der Waals surface area contributed by atoms with Gasteiger partial charge in [0.1, 0.15) is 5.75 Å². The smallest absolute Gasteiger partial charge is 0.428 e. The van der Waals surface area contributed by atoms with Gasteiger partial charge in [-0.05, 0) is 36.5 Å². The highest BCUT2D eigenvalue weighted by Gasteiger charge is 2.44. The number of nitrogens with two attached hydrogens (primary N) is 1. The van der Waals surface area contributed by atoms with Crippen LogP contribution in [0.3, 0.4) is 0 Å². The fourth-order valence-corrected chi connectivity index (χ4v) is 1.71. The normalized spacial score (nSPS) is 17.9. The summed E-state index contributed by atoms with van der Waals surface area (Å²) in [6.07, 6.45) is -6.35. The van der Waals surface area contributed by atoms with Crippen molar-refractivity contribution in [1.82, 2.24) is 0 Å². The molecule has 18 heavy (non-hydrogen) atoms. The van der Waals surface area contributed by atoms with Crippen LogP contribution in [0, 0.1) is 5.92 Å². The zero-order valence-electron chi connectivity index (χ0n) is 9.45. The van der Waals surface area contributed by atoms with Gasteiger partial charge in [0.05, 0.1) is 0 Å². The molecule has 1 aliphatic carbocycles. The number of benzene rings is 1. The van der Waals surface area contributed by atoms with E-state index in [2.05, 4.69) is 4.74 Å². The van der Waals surface area contributed by atoms with E-state index in [0.29, 0.717) is 11.5 Å². The van der Waals surface area contributed by atoms with Gasteiger partial charge in [-0.2, -0.15) is 17.6 Å². The summed E-state index contributed by atoms with van der Waals surface area (Å²) in [4.78, 5) is 0. The van der Waals surface area contributed by atoms with Crippen molar-refractivity contribution >= 4 is 0 Å². The summed E-state index contributed by atoms with van der Waals surface area (Å²) in [6.45, 7) is 0. The highest BCUT2D eigenvalue weighted by Crippen LogP contribution is 2.40. The molecule has 0 amide bonds. The maximum Gasteiger partial charge on any atom is 0.461 e. The molecule has 1 saturated carbocycles. The predicted molar refractivity (Wildman–Crippen MR) is 57.7 cm³/mol. The molecule has 1 fully saturated rings. The summed E-state index contributed by atoms with van der Waals surface area (Å²) in [6, 6.07) is 5.39. The largest absolute Gasteiger partial charge is 0.461 e. The molecule has 1 aliphatic rings. The van der Waals surface area contributed by atoms with Gasteiger partial charge in [-0.1, -0.05) is 12.1 Å². The SMILES string of the molecule is N[C@@H](c1cccc(OC(F)(F)C(F)F)c1)C1CC1. The van der Waals surface area contributed by atoms with Crippen LogP contribution in [0.1, 0.15) is 24.4 Å². The number of alkyl halides is 4. The van der Waals surface area contributed by atoms with E-state index in [1.54, 1.807) is 6.07 Å². The Morgan fingerprint density at radius 2 is 1.94 bits per heavy atom. The number of rotatable bonds is 5. The molecule has 0 radical (unpaired) electrons. The van der Waals surface area contributed by atoms with Crippen LogP contribution in [0.15, 0.2) is 24.3 Å². The van der Waals surface area contributed by atoms with Crippen LogP contribution < -0.4 is 10.5 Å². The van der Waals surface area contributed by atoms with Crippen LogP contribution in [0.5, 0.6) is 5.75 Å². The molecule has 0 unspecified atom stereocenters. The van der Waals surface area contributed by atoms with Crippen molar-refractivity contribution in [2.24, 2.45) is 11.7 Å². The second-order valence-corrected chi connectivity index (χ2v) is 4.40. The third kappa shape index (κ3) is 2.93. The van der Waals surface area contributed by atoms with Gasteiger partial charge in [-0.15, -0.1) is 0 Å². The van der Waals surface area contributed by atoms with Gasteiger partial charge in [0.2, 0.25) is 0 Å². The van der Waals surface area contributed by atoms with Gasteiger partial charge in [-0.25, -0.2) is 0 Å². The van der Waals surface area contributed by atoms with Crippen molar-refractivity contribution in [1.29, 1.82) is 0 Å². The van der Waals surface area contributed by atoms with Gasteiger partial charge in [0, 0.05) is 6.04 Å². The lowest BCUT2D eigenvalue weighted by Crippen LogP contribution is -2.33. The quantitative estimate of drug-likeness (QED) is 0.827. The maximum absolute atomic E-state index is 12.7. The van der Waals surface area contributed by atoms with Crippen molar-refractivity contribution in [3.63, 3.8) is 0 Å². The molecule has 100 valence electrons. The molecule has 2 rings (SSSR count). The topological polar surface area (TPSA) is 35.2 Å². The van der Waals surface area contributed by atoms with E-state index in [1.807, 2.05) is 0 Å². The van der Waals surface area contributed by atoms with Gasteiger partial charge >= 0.3 is 12.5 Å². The lowest BCUT2D eigenvalue weighted by Gasteiger charge is -2.18. The minimum Gasteiger partial charge on any atom is -0.428 e. The maximum atomic E-state index is 12.7. The third-order valence-electron chi connectivity index (χ3n) is 2.88. The fraction of sp³-hybridized carbons (Fsp3) is 0.500. The standard InChI is InChI=1S/C12H13F4NO/c13-11(14)12(15,16)18-9-3-1-2-8(6-9)10(17)7-4-5-7/h1-3,6-7,10-11H,4-5,17H2/t10-/m1/s1. The molecule has 2 nitrogen and oxygen atoms in total. The highest BCUT2D eigenvalue weighted by atomic mass is 19.3. The lowest BCUT2D eigenvalue weighted by atomic mass is 10.0. The number of ether oxygens (including phenoxy) is 1. The first-order valence-electron chi connectivity index (χ1n) is 5.60. The van der Waals surface area contributed by atoms with Gasteiger partial charge in [0.15, 0.2) is 0 Å². The van der Waals surface area contributed by atoms with Gasteiger partial charge < -0.3 is 10.5 Å². The zero-order valence-corrected chi connectivity index (χ0v) is 9.45. The molecule has 0 spiro atoms. The summed E-state index contributed by atoms with van der Waals surface area (Å²) >= 11 is 0. The van der Waals surface area contributed by atoms with E-state index < -0.39 is 12.5 Å². The van der Waals surface area contributed by atoms with Crippen LogP contribution in [0.4, 0.5) is 17.6 Å². The summed E-state index contributed by atoms with van der Waals surface area (Å²) in [5.41, 5.74) is 6.53. The Morgan fingerprint density at radius 3 is 2.50 bits per heavy atom. The fourth-order valence-electron chi connectivity index (χ4n) is 1.71. The Balaban J connectivity index is 2.12. The summed E-state index contributed by atoms with van der Waals surface area (Å²) in [7, 11) is 0. The lowest BCUT2D eigenvalue weighted by molar-refractivity contribution is -0.253. The zero-order chi connectivity index (χ0) is 13.3. The van der Waals surface area contributed by atoms with Crippen molar-refractivity contribution in [3.05, 3.63) is 29.8 Å². The number of hydrogen-bond donors (Lipinski definition) is 1. The van der Waals surface area contributed by atoms with Crippen LogP contribution in [0.25, 0.3) is 0 Å². The van der Waals surface area contributed by atoms with E-state index in [9.17, 15) is 17.6 Å². The average Bonchev–Trinajstić information content (AvgIpc) is 3.11. The highest BCUT2D eigenvalue weighted by molar-refractivity contribution is 5.31. The monoisotopic (exact) mass is 263 g/mol. The van der Waals surface area contributed by atoms with E-state index in [4.69, 9.17) is 5.73 Å². The molecule has 0 bridgehead atoms. The van der Waals surface area contributed by atoms with E-state index in [-0.39, 0.29) is 11.8 Å². The average molecular weight is 263 g/mol. The molecule has 1 aromatic carbocycles. The summed E-state index contributed by atoms with van der Waals surface area (Å²) < 4.78 is 53.5. The second kappa shape index (κ2) is 4.76. The molecular weight excluding hydrogens is 250 g/mol. The van der Waals surface area contributed by atoms with Gasteiger partial charge in [0.25, 0.3) is 0 Å². The van der Waals surface area contributed by atoms with Crippen LogP contribution in [-0.4, -0.2) is 12.5 Å². The Labute approximate surface area is 102 Å². The Morgan fingerprint density at radius 1 is 1.28 bits per heavy atom. The van der Waals surface area contributed by atoms with E-state index in [1.165, 1.54) is 18.2 Å². The Hall–Kier alpha value is -1.30. The number of halogens is 4. The van der Waals surface area contributed by atoms with Crippen LogP contribution in [0.2, 0.25) is 0 Å². The van der Waals surface area contributed by atoms with Crippen molar-refractivity contribution in [2.45, 2.75) is 31.4 Å². The second-order valence-electron chi connectivity index (χ2n) is 4.40. The molecule has 2 N–H and O–H groups in total. The van der Waals surface area contributed by atoms with Crippen molar-refractivity contribution in [3.8, 4) is 5.75 Å². The van der Waals surface area contributed by atoms with E-state index in [0.717, 1.165) is 12.8 Å².